The van der Waals surface area contributed by atoms with Crippen molar-refractivity contribution in [1.29, 1.82) is 0 Å². The molecule has 1 heterocycles. The summed E-state index contributed by atoms with van der Waals surface area (Å²) in [7, 11) is 0. The predicted molar refractivity (Wildman–Crippen MR) is 68.7 cm³/mol. The number of carbonyl (C=O) groups is 1. The molecule has 0 radical (unpaired) electrons. The Morgan fingerprint density at radius 1 is 1.44 bits per heavy atom. The maximum absolute atomic E-state index is 10.8. The maximum Gasteiger partial charge on any atom is 0.307 e. The lowest BCUT2D eigenvalue weighted by Crippen LogP contribution is -2.12. The molecule has 5 nitrogen and oxygen atoms in total. The van der Waals surface area contributed by atoms with E-state index in [1.807, 2.05) is 18.5 Å². The third kappa shape index (κ3) is 4.14. The monoisotopic (exact) mass is 254 g/mol. The number of rotatable bonds is 7. The van der Waals surface area contributed by atoms with Crippen LogP contribution in [0.3, 0.4) is 0 Å². The molecule has 0 atom stereocenters. The molecule has 0 aliphatic heterocycles. The van der Waals surface area contributed by atoms with Gasteiger partial charge in [-0.05, 0) is 19.8 Å². The zero-order chi connectivity index (χ0) is 13.7. The van der Waals surface area contributed by atoms with Crippen LogP contribution in [0.1, 0.15) is 30.8 Å². The van der Waals surface area contributed by atoms with Crippen LogP contribution in [-0.2, 0) is 22.5 Å². The summed E-state index contributed by atoms with van der Waals surface area (Å²) >= 11 is 0. The van der Waals surface area contributed by atoms with E-state index in [2.05, 4.69) is 18.9 Å². The highest BCUT2D eigenvalue weighted by Gasteiger charge is 2.14. The molecule has 0 aliphatic rings. The molecular weight excluding hydrogens is 232 g/mol. The molecule has 0 spiro atoms. The van der Waals surface area contributed by atoms with Crippen LogP contribution in [0, 0.1) is 19.8 Å². The molecule has 0 bridgehead atoms. The molecule has 18 heavy (non-hydrogen) atoms. The van der Waals surface area contributed by atoms with Gasteiger partial charge in [0.1, 0.15) is 0 Å². The van der Waals surface area contributed by atoms with Gasteiger partial charge in [0.2, 0.25) is 0 Å². The number of aliphatic carboxylic acids is 1. The molecule has 0 saturated heterocycles. The summed E-state index contributed by atoms with van der Waals surface area (Å²) in [5.74, 6) is -0.301. The first-order valence-electron chi connectivity index (χ1n) is 6.24. The number of aryl methyl sites for hydroxylation is 1. The molecule has 0 aromatic carbocycles. The van der Waals surface area contributed by atoms with Crippen LogP contribution in [-0.4, -0.2) is 34.1 Å². The normalized spacial score (nSPS) is 11.2. The molecule has 0 amide bonds. The van der Waals surface area contributed by atoms with Gasteiger partial charge in [-0.25, -0.2) is 0 Å². The van der Waals surface area contributed by atoms with Gasteiger partial charge in [-0.1, -0.05) is 13.8 Å². The van der Waals surface area contributed by atoms with Gasteiger partial charge in [-0.2, -0.15) is 5.10 Å². The Balaban J connectivity index is 2.59. The van der Waals surface area contributed by atoms with Crippen LogP contribution in [0.25, 0.3) is 0 Å². The molecule has 1 aromatic rings. The van der Waals surface area contributed by atoms with E-state index in [0.717, 1.165) is 23.6 Å². The first-order chi connectivity index (χ1) is 8.41. The van der Waals surface area contributed by atoms with E-state index in [-0.39, 0.29) is 6.42 Å². The van der Waals surface area contributed by atoms with Crippen molar-refractivity contribution >= 4 is 5.97 Å². The number of carboxylic acid groups (broad SMARTS) is 1. The summed E-state index contributed by atoms with van der Waals surface area (Å²) in [5, 5.41) is 13.2. The molecule has 1 rings (SSSR count). The fraction of sp³-hybridized carbons (Fsp3) is 0.692. The number of hydrogen-bond acceptors (Lipinski definition) is 3. The van der Waals surface area contributed by atoms with Crippen LogP contribution in [0.4, 0.5) is 0 Å². The highest BCUT2D eigenvalue weighted by Crippen LogP contribution is 2.13. The molecule has 0 saturated carbocycles. The average molecular weight is 254 g/mol. The second-order valence-electron chi connectivity index (χ2n) is 4.91. The smallest absolute Gasteiger partial charge is 0.307 e. The predicted octanol–water partition coefficient (Wildman–Crippen LogP) is 1.80. The third-order valence-corrected chi connectivity index (χ3v) is 2.76. The molecule has 1 N–H and O–H groups in total. The van der Waals surface area contributed by atoms with Crippen LogP contribution < -0.4 is 0 Å². The third-order valence-electron chi connectivity index (χ3n) is 2.76. The summed E-state index contributed by atoms with van der Waals surface area (Å²) in [4.78, 5) is 10.8. The fourth-order valence-electron chi connectivity index (χ4n) is 1.83. The minimum Gasteiger partial charge on any atom is -0.481 e. The SMILES string of the molecule is Cc1nn(CCOCC(C)C)c(C)c1CC(=O)O. The Hall–Kier alpha value is -1.36. The summed E-state index contributed by atoms with van der Waals surface area (Å²) in [5.41, 5.74) is 2.52. The molecule has 102 valence electrons. The van der Waals surface area contributed by atoms with E-state index in [0.29, 0.717) is 19.1 Å². The van der Waals surface area contributed by atoms with Crippen molar-refractivity contribution in [3.63, 3.8) is 0 Å². The first kappa shape index (κ1) is 14.7. The van der Waals surface area contributed by atoms with E-state index in [1.54, 1.807) is 0 Å². The average Bonchev–Trinajstić information content (AvgIpc) is 2.51. The van der Waals surface area contributed by atoms with Crippen molar-refractivity contribution in [3.05, 3.63) is 17.0 Å². The lowest BCUT2D eigenvalue weighted by atomic mass is 10.1. The molecule has 5 heteroatoms. The van der Waals surface area contributed by atoms with E-state index >= 15 is 0 Å². The quantitative estimate of drug-likeness (QED) is 0.754. The van der Waals surface area contributed by atoms with Crippen molar-refractivity contribution in [3.8, 4) is 0 Å². The van der Waals surface area contributed by atoms with Gasteiger partial charge in [-0.3, -0.25) is 9.48 Å². The number of hydrogen-bond donors (Lipinski definition) is 1. The van der Waals surface area contributed by atoms with Gasteiger partial charge in [-0.15, -0.1) is 0 Å². The van der Waals surface area contributed by atoms with Gasteiger partial charge < -0.3 is 9.84 Å². The van der Waals surface area contributed by atoms with Crippen molar-refractivity contribution in [2.75, 3.05) is 13.2 Å². The highest BCUT2D eigenvalue weighted by molar-refractivity contribution is 5.70. The van der Waals surface area contributed by atoms with E-state index in [9.17, 15) is 4.79 Å². The number of nitrogens with zero attached hydrogens (tertiary/aromatic N) is 2. The highest BCUT2D eigenvalue weighted by atomic mass is 16.5. The fourth-order valence-corrected chi connectivity index (χ4v) is 1.83. The van der Waals surface area contributed by atoms with Crippen LogP contribution in [0.5, 0.6) is 0 Å². The van der Waals surface area contributed by atoms with Crippen LogP contribution >= 0.6 is 0 Å². The Kier molecular flexibility index (Phi) is 5.34. The largest absolute Gasteiger partial charge is 0.481 e. The van der Waals surface area contributed by atoms with Gasteiger partial charge in [0, 0.05) is 17.9 Å². The second kappa shape index (κ2) is 6.54. The molecule has 0 unspecified atom stereocenters. The van der Waals surface area contributed by atoms with Gasteiger partial charge in [0.25, 0.3) is 0 Å². The first-order valence-corrected chi connectivity index (χ1v) is 6.24. The Bertz CT molecular complexity index is 411. The van der Waals surface area contributed by atoms with Crippen LogP contribution in [0.15, 0.2) is 0 Å². The maximum atomic E-state index is 10.8. The van der Waals surface area contributed by atoms with Crippen molar-refractivity contribution < 1.29 is 14.6 Å². The van der Waals surface area contributed by atoms with Crippen molar-refractivity contribution in [2.24, 2.45) is 5.92 Å². The molecule has 0 aliphatic carbocycles. The van der Waals surface area contributed by atoms with Crippen molar-refractivity contribution in [1.82, 2.24) is 9.78 Å². The van der Waals surface area contributed by atoms with Crippen molar-refractivity contribution in [2.45, 2.75) is 40.7 Å². The minimum atomic E-state index is -0.822. The van der Waals surface area contributed by atoms with Crippen LogP contribution in [0.2, 0.25) is 0 Å². The molecular formula is C13H22N2O3. The van der Waals surface area contributed by atoms with Gasteiger partial charge in [0.15, 0.2) is 0 Å². The van der Waals surface area contributed by atoms with E-state index in [1.165, 1.54) is 0 Å². The summed E-state index contributed by atoms with van der Waals surface area (Å²) in [6.45, 7) is 9.97. The molecule has 0 fully saturated rings. The van der Waals surface area contributed by atoms with E-state index < -0.39 is 5.97 Å². The summed E-state index contributed by atoms with van der Waals surface area (Å²) in [6, 6.07) is 0. The number of carboxylic acids is 1. The Labute approximate surface area is 108 Å². The Morgan fingerprint density at radius 3 is 2.67 bits per heavy atom. The standard InChI is InChI=1S/C13H22N2O3/c1-9(2)8-18-6-5-15-11(4)12(7-13(16)17)10(3)14-15/h9H,5-8H2,1-4H3,(H,16,17). The summed E-state index contributed by atoms with van der Waals surface area (Å²) in [6.07, 6.45) is 0.0323. The lowest BCUT2D eigenvalue weighted by molar-refractivity contribution is -0.136. The topological polar surface area (TPSA) is 64.4 Å². The number of aromatic nitrogens is 2. The zero-order valence-corrected chi connectivity index (χ0v) is 11.6. The molecule has 1 aromatic heterocycles. The van der Waals surface area contributed by atoms with Gasteiger partial charge >= 0.3 is 5.97 Å². The lowest BCUT2D eigenvalue weighted by Gasteiger charge is -2.08. The summed E-state index contributed by atoms with van der Waals surface area (Å²) < 4.78 is 7.33. The Morgan fingerprint density at radius 2 is 2.11 bits per heavy atom. The minimum absolute atomic E-state index is 0.0323. The van der Waals surface area contributed by atoms with Gasteiger partial charge in [0.05, 0.1) is 25.3 Å². The zero-order valence-electron chi connectivity index (χ0n) is 11.6. The van der Waals surface area contributed by atoms with E-state index in [4.69, 9.17) is 9.84 Å². The second-order valence-corrected chi connectivity index (χ2v) is 4.91. The number of ether oxygens (including phenoxy) is 1.